The lowest BCUT2D eigenvalue weighted by atomic mass is 9.94. The van der Waals surface area contributed by atoms with Gasteiger partial charge in [0.05, 0.1) is 0 Å². The van der Waals surface area contributed by atoms with Gasteiger partial charge in [-0.15, -0.1) is 10.2 Å². The molecule has 0 amide bonds. The van der Waals surface area contributed by atoms with E-state index in [4.69, 9.17) is 5.73 Å². The third-order valence-corrected chi connectivity index (χ3v) is 4.40. The molecule has 4 rings (SSSR count). The van der Waals surface area contributed by atoms with Crippen molar-refractivity contribution in [1.29, 1.82) is 0 Å². The van der Waals surface area contributed by atoms with E-state index in [1.54, 1.807) is 0 Å². The monoisotopic (exact) mass is 328 g/mol. The molecule has 3 aromatic rings. The van der Waals surface area contributed by atoms with Crippen molar-refractivity contribution in [3.63, 3.8) is 0 Å². The van der Waals surface area contributed by atoms with Crippen molar-refractivity contribution in [3.8, 4) is 11.3 Å². The molecule has 0 saturated carbocycles. The first-order chi connectivity index (χ1) is 12.1. The lowest BCUT2D eigenvalue weighted by Crippen LogP contribution is -2.34. The van der Waals surface area contributed by atoms with Gasteiger partial charge in [-0.25, -0.2) is 0 Å². The standard InChI is InChI=1S/C21H20N4/c1-21(22)13-11-16(12-14-21)23-20-18-10-6-5-9-17(18)19(24-25-20)15-7-3-2-4-8-15/h2-13H,14,22H2,1H3,(H,23,25). The highest BCUT2D eigenvalue weighted by Crippen LogP contribution is 2.30. The van der Waals surface area contributed by atoms with E-state index in [1.165, 1.54) is 0 Å². The number of allylic oxidation sites excluding steroid dienone is 1. The van der Waals surface area contributed by atoms with Crippen LogP contribution in [0.4, 0.5) is 5.82 Å². The number of nitrogens with two attached hydrogens (primary N) is 1. The number of fused-ring (bicyclic) bond motifs is 1. The van der Waals surface area contributed by atoms with Gasteiger partial charge in [0.25, 0.3) is 0 Å². The van der Waals surface area contributed by atoms with Gasteiger partial charge in [0.15, 0.2) is 5.82 Å². The van der Waals surface area contributed by atoms with Crippen LogP contribution < -0.4 is 11.1 Å². The minimum Gasteiger partial charge on any atom is -0.339 e. The lowest BCUT2D eigenvalue weighted by Gasteiger charge is -2.23. The van der Waals surface area contributed by atoms with E-state index in [-0.39, 0.29) is 5.54 Å². The summed E-state index contributed by atoms with van der Waals surface area (Å²) in [6, 6.07) is 18.3. The molecule has 3 N–H and O–H groups in total. The van der Waals surface area contributed by atoms with Crippen LogP contribution in [-0.4, -0.2) is 15.7 Å². The molecule has 0 fully saturated rings. The number of rotatable bonds is 3. The zero-order valence-corrected chi connectivity index (χ0v) is 14.1. The Morgan fingerprint density at radius 3 is 2.40 bits per heavy atom. The quantitative estimate of drug-likeness (QED) is 0.753. The SMILES string of the molecule is CC1(N)C=CC(Nc2nnc(-c3ccccc3)c3ccccc23)=CC1. The molecule has 25 heavy (non-hydrogen) atoms. The molecular weight excluding hydrogens is 308 g/mol. The van der Waals surface area contributed by atoms with Gasteiger partial charge in [-0.05, 0) is 19.4 Å². The molecule has 0 aliphatic heterocycles. The smallest absolute Gasteiger partial charge is 0.161 e. The van der Waals surface area contributed by atoms with Crippen molar-refractivity contribution >= 4 is 16.6 Å². The predicted molar refractivity (Wildman–Crippen MR) is 103 cm³/mol. The average molecular weight is 328 g/mol. The Labute approximate surface area is 147 Å². The van der Waals surface area contributed by atoms with Crippen molar-refractivity contribution in [3.05, 3.63) is 78.5 Å². The molecule has 0 saturated heterocycles. The molecule has 2 aromatic carbocycles. The first-order valence-electron chi connectivity index (χ1n) is 8.39. The number of hydrogen-bond acceptors (Lipinski definition) is 4. The van der Waals surface area contributed by atoms with Crippen molar-refractivity contribution in [1.82, 2.24) is 10.2 Å². The second-order valence-corrected chi connectivity index (χ2v) is 6.64. The number of anilines is 1. The van der Waals surface area contributed by atoms with E-state index in [0.717, 1.165) is 40.0 Å². The van der Waals surface area contributed by atoms with Crippen molar-refractivity contribution < 1.29 is 0 Å². The summed E-state index contributed by atoms with van der Waals surface area (Å²) in [5.74, 6) is 0.756. The second-order valence-electron chi connectivity index (χ2n) is 6.64. The molecule has 4 heteroatoms. The number of hydrogen-bond donors (Lipinski definition) is 2. The first kappa shape index (κ1) is 15.5. The van der Waals surface area contributed by atoms with E-state index in [9.17, 15) is 0 Å². The van der Waals surface area contributed by atoms with Crippen LogP contribution in [0.3, 0.4) is 0 Å². The average Bonchev–Trinajstić information content (AvgIpc) is 2.64. The summed E-state index contributed by atoms with van der Waals surface area (Å²) >= 11 is 0. The number of nitrogens with zero attached hydrogens (tertiary/aromatic N) is 2. The normalized spacial score (nSPS) is 19.7. The van der Waals surface area contributed by atoms with Crippen LogP contribution in [0.25, 0.3) is 22.0 Å². The largest absolute Gasteiger partial charge is 0.339 e. The number of benzene rings is 2. The lowest BCUT2D eigenvalue weighted by molar-refractivity contribution is 0.587. The van der Waals surface area contributed by atoms with Crippen LogP contribution in [-0.2, 0) is 0 Å². The fraction of sp³-hybridized carbons (Fsp3) is 0.143. The molecule has 1 heterocycles. The summed E-state index contributed by atoms with van der Waals surface area (Å²) in [5, 5.41) is 14.4. The third-order valence-electron chi connectivity index (χ3n) is 4.40. The Balaban J connectivity index is 1.75. The zero-order chi connectivity index (χ0) is 17.3. The van der Waals surface area contributed by atoms with E-state index in [2.05, 4.69) is 45.9 Å². The third kappa shape index (κ3) is 3.16. The Kier molecular flexibility index (Phi) is 3.82. The summed E-state index contributed by atoms with van der Waals surface area (Å²) < 4.78 is 0. The van der Waals surface area contributed by atoms with Gasteiger partial charge in [-0.3, -0.25) is 0 Å². The maximum atomic E-state index is 6.12. The summed E-state index contributed by atoms with van der Waals surface area (Å²) in [6.07, 6.45) is 6.91. The Hall–Kier alpha value is -2.98. The first-order valence-corrected chi connectivity index (χ1v) is 8.39. The van der Waals surface area contributed by atoms with Crippen LogP contribution in [0.2, 0.25) is 0 Å². The molecule has 1 atom stereocenters. The molecule has 0 spiro atoms. The van der Waals surface area contributed by atoms with Crippen molar-refractivity contribution in [2.75, 3.05) is 5.32 Å². The minimum atomic E-state index is -0.282. The van der Waals surface area contributed by atoms with Gasteiger partial charge in [-0.1, -0.05) is 66.7 Å². The minimum absolute atomic E-state index is 0.282. The fourth-order valence-corrected chi connectivity index (χ4v) is 2.98. The highest BCUT2D eigenvalue weighted by Gasteiger charge is 2.17. The predicted octanol–water partition coefficient (Wildman–Crippen LogP) is 4.27. The van der Waals surface area contributed by atoms with Gasteiger partial charge in [0, 0.05) is 27.6 Å². The maximum Gasteiger partial charge on any atom is 0.161 e. The van der Waals surface area contributed by atoms with Crippen LogP contribution in [0.1, 0.15) is 13.3 Å². The molecule has 124 valence electrons. The topological polar surface area (TPSA) is 63.8 Å². The summed E-state index contributed by atoms with van der Waals surface area (Å²) in [4.78, 5) is 0. The van der Waals surface area contributed by atoms with Crippen molar-refractivity contribution in [2.24, 2.45) is 5.73 Å². The van der Waals surface area contributed by atoms with Crippen molar-refractivity contribution in [2.45, 2.75) is 18.9 Å². The van der Waals surface area contributed by atoms with E-state index in [0.29, 0.717) is 0 Å². The van der Waals surface area contributed by atoms with Gasteiger partial charge < -0.3 is 11.1 Å². The molecule has 1 aliphatic carbocycles. The molecule has 0 radical (unpaired) electrons. The molecular formula is C21H20N4. The van der Waals surface area contributed by atoms with E-state index >= 15 is 0 Å². The molecule has 0 bridgehead atoms. The van der Waals surface area contributed by atoms with Gasteiger partial charge in [0.2, 0.25) is 0 Å². The zero-order valence-electron chi connectivity index (χ0n) is 14.1. The van der Waals surface area contributed by atoms with E-state index in [1.807, 2.05) is 49.4 Å². The molecule has 4 nitrogen and oxygen atoms in total. The summed E-state index contributed by atoms with van der Waals surface area (Å²) in [7, 11) is 0. The molecule has 1 unspecified atom stereocenters. The summed E-state index contributed by atoms with van der Waals surface area (Å²) in [6.45, 7) is 2.01. The highest BCUT2D eigenvalue weighted by atomic mass is 15.2. The van der Waals surface area contributed by atoms with Crippen LogP contribution in [0.15, 0.2) is 78.5 Å². The number of nitrogens with one attached hydrogen (secondary N) is 1. The van der Waals surface area contributed by atoms with E-state index < -0.39 is 0 Å². The molecule has 1 aliphatic rings. The number of aromatic nitrogens is 2. The fourth-order valence-electron chi connectivity index (χ4n) is 2.98. The molecule has 1 aromatic heterocycles. The Morgan fingerprint density at radius 2 is 1.68 bits per heavy atom. The Morgan fingerprint density at radius 1 is 0.960 bits per heavy atom. The van der Waals surface area contributed by atoms with Gasteiger partial charge in [0.1, 0.15) is 5.69 Å². The van der Waals surface area contributed by atoms with Crippen LogP contribution in [0, 0.1) is 0 Å². The maximum absolute atomic E-state index is 6.12. The van der Waals surface area contributed by atoms with Gasteiger partial charge >= 0.3 is 0 Å². The second kappa shape index (κ2) is 6.15. The van der Waals surface area contributed by atoms with Gasteiger partial charge in [-0.2, -0.15) is 0 Å². The Bertz CT molecular complexity index is 972. The summed E-state index contributed by atoms with van der Waals surface area (Å²) in [5.41, 5.74) is 8.79. The van der Waals surface area contributed by atoms with Crippen LogP contribution in [0.5, 0.6) is 0 Å². The van der Waals surface area contributed by atoms with Crippen LogP contribution >= 0.6 is 0 Å². The highest BCUT2D eigenvalue weighted by molar-refractivity contribution is 6.00.